The Labute approximate surface area is 113 Å². The first-order valence-corrected chi connectivity index (χ1v) is 7.40. The molecule has 0 heterocycles. The second kappa shape index (κ2) is 4.50. The Kier molecular flexibility index (Phi) is 3.06. The zero-order chi connectivity index (χ0) is 13.6. The Bertz CT molecular complexity index is 387. The number of rotatable bonds is 3. The van der Waals surface area contributed by atoms with Gasteiger partial charge in [-0.3, -0.25) is 9.59 Å². The van der Waals surface area contributed by atoms with Crippen molar-refractivity contribution in [1.82, 2.24) is 0 Å². The molecule has 4 rings (SSSR count). The number of hydrogen-bond acceptors (Lipinski definition) is 4. The van der Waals surface area contributed by atoms with Crippen LogP contribution in [0.1, 0.15) is 52.4 Å². The molecule has 4 aliphatic rings. The van der Waals surface area contributed by atoms with E-state index in [1.54, 1.807) is 0 Å². The van der Waals surface area contributed by atoms with Gasteiger partial charge in [-0.25, -0.2) is 0 Å². The van der Waals surface area contributed by atoms with Gasteiger partial charge in [-0.2, -0.15) is 0 Å². The highest BCUT2D eigenvalue weighted by atomic mass is 16.6. The fourth-order valence-corrected chi connectivity index (χ4v) is 4.73. The van der Waals surface area contributed by atoms with Crippen LogP contribution >= 0.6 is 0 Å². The first kappa shape index (κ1) is 12.9. The van der Waals surface area contributed by atoms with E-state index in [1.165, 1.54) is 6.92 Å². The molecule has 0 spiro atoms. The number of carbonyl (C=O) groups excluding carboxylic acids is 2. The zero-order valence-electron chi connectivity index (χ0n) is 11.7. The van der Waals surface area contributed by atoms with Crippen LogP contribution in [0.15, 0.2) is 0 Å². The van der Waals surface area contributed by atoms with Crippen LogP contribution in [0.3, 0.4) is 0 Å². The van der Waals surface area contributed by atoms with Crippen molar-refractivity contribution >= 4 is 11.9 Å². The van der Waals surface area contributed by atoms with Crippen LogP contribution in [0.5, 0.6) is 0 Å². The number of hydrogen-bond donors (Lipinski definition) is 0. The van der Waals surface area contributed by atoms with E-state index in [0.717, 1.165) is 32.1 Å². The minimum absolute atomic E-state index is 0.0579. The lowest BCUT2D eigenvalue weighted by Gasteiger charge is -2.58. The van der Waals surface area contributed by atoms with Gasteiger partial charge in [0.1, 0.15) is 11.7 Å². The molecule has 4 nitrogen and oxygen atoms in total. The highest BCUT2D eigenvalue weighted by Gasteiger charge is 2.58. The van der Waals surface area contributed by atoms with Crippen LogP contribution in [0.4, 0.5) is 0 Å². The molecule has 4 aliphatic carbocycles. The Balaban J connectivity index is 1.76. The molecule has 106 valence electrons. The van der Waals surface area contributed by atoms with Crippen LogP contribution in [0.25, 0.3) is 0 Å². The normalized spacial score (nSPS) is 43.1. The van der Waals surface area contributed by atoms with E-state index < -0.39 is 0 Å². The van der Waals surface area contributed by atoms with Gasteiger partial charge in [-0.15, -0.1) is 0 Å². The predicted octanol–water partition coefficient (Wildman–Crippen LogP) is 2.45. The van der Waals surface area contributed by atoms with Gasteiger partial charge >= 0.3 is 11.9 Å². The van der Waals surface area contributed by atoms with Gasteiger partial charge in [0, 0.05) is 25.2 Å². The van der Waals surface area contributed by atoms with Crippen molar-refractivity contribution in [3.63, 3.8) is 0 Å². The molecule has 4 heteroatoms. The quantitative estimate of drug-likeness (QED) is 0.736. The maximum absolute atomic E-state index is 11.6. The van der Waals surface area contributed by atoms with Gasteiger partial charge in [0.2, 0.25) is 0 Å². The minimum atomic E-state index is -0.250. The predicted molar refractivity (Wildman–Crippen MR) is 68.2 cm³/mol. The van der Waals surface area contributed by atoms with Gasteiger partial charge < -0.3 is 9.47 Å². The minimum Gasteiger partial charge on any atom is -0.462 e. The van der Waals surface area contributed by atoms with Gasteiger partial charge in [0.05, 0.1) is 0 Å². The SMILES string of the molecule is CCC(=O)OC12CC3CC(C1)C(OC(C)=O)C(C3)C2. The second-order valence-electron chi connectivity index (χ2n) is 6.55. The molecule has 4 saturated carbocycles. The van der Waals surface area contributed by atoms with Gasteiger partial charge in [-0.1, -0.05) is 6.92 Å². The first-order valence-electron chi connectivity index (χ1n) is 7.40. The zero-order valence-corrected chi connectivity index (χ0v) is 11.7. The van der Waals surface area contributed by atoms with E-state index >= 15 is 0 Å². The molecule has 0 aliphatic heterocycles. The van der Waals surface area contributed by atoms with Crippen molar-refractivity contribution < 1.29 is 19.1 Å². The average molecular weight is 266 g/mol. The van der Waals surface area contributed by atoms with Crippen molar-refractivity contribution in [3.8, 4) is 0 Å². The summed E-state index contributed by atoms with van der Waals surface area (Å²) in [6.45, 7) is 3.32. The lowest BCUT2D eigenvalue weighted by atomic mass is 9.53. The van der Waals surface area contributed by atoms with Crippen molar-refractivity contribution in [3.05, 3.63) is 0 Å². The molecule has 4 fully saturated rings. The molecular weight excluding hydrogens is 244 g/mol. The third kappa shape index (κ3) is 2.26. The summed E-state index contributed by atoms with van der Waals surface area (Å²) in [6, 6.07) is 0. The van der Waals surface area contributed by atoms with E-state index in [0.29, 0.717) is 24.2 Å². The van der Waals surface area contributed by atoms with Crippen molar-refractivity contribution in [2.24, 2.45) is 17.8 Å². The molecule has 0 saturated heterocycles. The Morgan fingerprint density at radius 3 is 2.32 bits per heavy atom. The smallest absolute Gasteiger partial charge is 0.306 e. The number of esters is 2. The molecule has 2 unspecified atom stereocenters. The molecule has 4 bridgehead atoms. The van der Waals surface area contributed by atoms with E-state index in [2.05, 4.69) is 0 Å². The first-order chi connectivity index (χ1) is 9.01. The van der Waals surface area contributed by atoms with Gasteiger partial charge in [0.25, 0.3) is 0 Å². The Morgan fingerprint density at radius 1 is 1.16 bits per heavy atom. The van der Waals surface area contributed by atoms with Crippen LogP contribution in [0, 0.1) is 17.8 Å². The lowest BCUT2D eigenvalue weighted by molar-refractivity contribution is -0.214. The van der Waals surface area contributed by atoms with Gasteiger partial charge in [0.15, 0.2) is 0 Å². The maximum Gasteiger partial charge on any atom is 0.306 e. The standard InChI is InChI=1S/C15H22O4/c1-3-13(17)19-15-6-10-4-11(7-15)14(18-9(2)16)12(5-10)8-15/h10-12,14H,3-8H2,1-2H3. The number of ether oxygens (including phenoxy) is 2. The summed E-state index contributed by atoms with van der Waals surface area (Å²) in [5.41, 5.74) is -0.250. The largest absolute Gasteiger partial charge is 0.462 e. The third-order valence-corrected chi connectivity index (χ3v) is 5.05. The molecule has 0 aromatic carbocycles. The molecule has 0 aromatic heterocycles. The monoisotopic (exact) mass is 266 g/mol. The lowest BCUT2D eigenvalue weighted by Crippen LogP contribution is -2.59. The van der Waals surface area contributed by atoms with Crippen LogP contribution in [0.2, 0.25) is 0 Å². The fourth-order valence-electron chi connectivity index (χ4n) is 4.73. The van der Waals surface area contributed by atoms with Crippen LogP contribution < -0.4 is 0 Å². The fraction of sp³-hybridized carbons (Fsp3) is 0.867. The molecule has 2 atom stereocenters. The topological polar surface area (TPSA) is 52.6 Å². The molecular formula is C15H22O4. The van der Waals surface area contributed by atoms with Crippen LogP contribution in [-0.4, -0.2) is 23.6 Å². The summed E-state index contributed by atoms with van der Waals surface area (Å²) < 4.78 is 11.3. The number of carbonyl (C=O) groups is 2. The second-order valence-corrected chi connectivity index (χ2v) is 6.55. The Hall–Kier alpha value is -1.06. The van der Waals surface area contributed by atoms with Crippen molar-refractivity contribution in [2.75, 3.05) is 0 Å². The summed E-state index contributed by atoms with van der Waals surface area (Å²) in [4.78, 5) is 22.9. The van der Waals surface area contributed by atoms with E-state index in [-0.39, 0.29) is 23.6 Å². The molecule has 0 radical (unpaired) electrons. The van der Waals surface area contributed by atoms with E-state index in [1.807, 2.05) is 6.92 Å². The summed E-state index contributed by atoms with van der Waals surface area (Å²) >= 11 is 0. The Morgan fingerprint density at radius 2 is 1.79 bits per heavy atom. The van der Waals surface area contributed by atoms with E-state index in [9.17, 15) is 9.59 Å². The summed E-state index contributed by atoms with van der Waals surface area (Å²) in [6.07, 6.45) is 5.52. The molecule has 0 N–H and O–H groups in total. The summed E-state index contributed by atoms with van der Waals surface area (Å²) in [5.74, 6) is 1.15. The highest BCUT2D eigenvalue weighted by molar-refractivity contribution is 5.69. The molecule has 19 heavy (non-hydrogen) atoms. The van der Waals surface area contributed by atoms with Crippen molar-refractivity contribution in [2.45, 2.75) is 64.1 Å². The molecule has 0 aromatic rings. The van der Waals surface area contributed by atoms with E-state index in [4.69, 9.17) is 9.47 Å². The third-order valence-electron chi connectivity index (χ3n) is 5.05. The highest BCUT2D eigenvalue weighted by Crippen LogP contribution is 2.58. The summed E-state index contributed by atoms with van der Waals surface area (Å²) in [5, 5.41) is 0. The van der Waals surface area contributed by atoms with Crippen LogP contribution in [-0.2, 0) is 19.1 Å². The van der Waals surface area contributed by atoms with Gasteiger partial charge in [-0.05, 0) is 38.0 Å². The average Bonchev–Trinajstić information content (AvgIpc) is 2.32. The van der Waals surface area contributed by atoms with Crippen molar-refractivity contribution in [1.29, 1.82) is 0 Å². The summed E-state index contributed by atoms with van der Waals surface area (Å²) in [7, 11) is 0. The maximum atomic E-state index is 11.6. The molecule has 0 amide bonds.